The molecule has 0 aromatic heterocycles. The summed E-state index contributed by atoms with van der Waals surface area (Å²) in [6.45, 7) is 4.81. The molecule has 69 heavy (non-hydrogen) atoms. The van der Waals surface area contributed by atoms with Crippen molar-refractivity contribution in [3.05, 3.63) is 48.6 Å². The van der Waals surface area contributed by atoms with Crippen LogP contribution in [-0.2, 0) is 14.3 Å². The van der Waals surface area contributed by atoms with Crippen molar-refractivity contribution in [2.24, 2.45) is 0 Å². The van der Waals surface area contributed by atoms with Gasteiger partial charge in [-0.3, -0.25) is 9.59 Å². The molecular formula is C63H117NO5. The fourth-order valence-electron chi connectivity index (χ4n) is 9.14. The van der Waals surface area contributed by atoms with E-state index in [1.54, 1.807) is 6.08 Å². The maximum Gasteiger partial charge on any atom is 0.305 e. The van der Waals surface area contributed by atoms with Gasteiger partial charge in [0.1, 0.15) is 0 Å². The minimum Gasteiger partial charge on any atom is -0.466 e. The van der Waals surface area contributed by atoms with Gasteiger partial charge in [0, 0.05) is 12.8 Å². The van der Waals surface area contributed by atoms with Gasteiger partial charge in [0.15, 0.2) is 0 Å². The Balaban J connectivity index is 3.51. The SMILES string of the molecule is CCC/C=C\C/C=C\CCCCCCCC(=O)OCCCCCC/C=C\CCCCCCCCCC(=O)NC(CO)C(O)/C=C/CCCCCCCCCCCCCCCCCCCCCCCC. The van der Waals surface area contributed by atoms with Crippen LogP contribution in [0.4, 0.5) is 0 Å². The minimum atomic E-state index is -0.857. The van der Waals surface area contributed by atoms with Gasteiger partial charge in [0.25, 0.3) is 0 Å². The Hall–Kier alpha value is -2.18. The van der Waals surface area contributed by atoms with Gasteiger partial charge < -0.3 is 20.3 Å². The van der Waals surface area contributed by atoms with Crippen LogP contribution >= 0.6 is 0 Å². The smallest absolute Gasteiger partial charge is 0.305 e. The van der Waals surface area contributed by atoms with Crippen molar-refractivity contribution < 1.29 is 24.5 Å². The van der Waals surface area contributed by atoms with Crippen molar-refractivity contribution in [1.29, 1.82) is 0 Å². The fraction of sp³-hybridized carbons (Fsp3) is 0.841. The lowest BCUT2D eigenvalue weighted by atomic mass is 10.0. The Morgan fingerprint density at radius 1 is 0.406 bits per heavy atom. The van der Waals surface area contributed by atoms with Gasteiger partial charge in [-0.15, -0.1) is 0 Å². The van der Waals surface area contributed by atoms with Gasteiger partial charge in [-0.2, -0.15) is 0 Å². The first kappa shape index (κ1) is 66.8. The third kappa shape index (κ3) is 55.0. The zero-order valence-corrected chi connectivity index (χ0v) is 46.0. The summed E-state index contributed by atoms with van der Waals surface area (Å²) in [5, 5.41) is 23.2. The monoisotopic (exact) mass is 968 g/mol. The van der Waals surface area contributed by atoms with E-state index in [2.05, 4.69) is 55.6 Å². The molecule has 0 aromatic rings. The molecule has 0 bridgehead atoms. The van der Waals surface area contributed by atoms with Crippen molar-refractivity contribution in [3.63, 3.8) is 0 Å². The number of carbonyl (C=O) groups is 2. The predicted octanol–water partition coefficient (Wildman–Crippen LogP) is 19.0. The van der Waals surface area contributed by atoms with E-state index in [0.717, 1.165) is 83.5 Å². The van der Waals surface area contributed by atoms with Crippen LogP contribution in [0.2, 0.25) is 0 Å². The molecular weight excluding hydrogens is 851 g/mol. The average Bonchev–Trinajstić information content (AvgIpc) is 3.35. The third-order valence-electron chi connectivity index (χ3n) is 13.8. The summed E-state index contributed by atoms with van der Waals surface area (Å²) in [4.78, 5) is 24.5. The van der Waals surface area contributed by atoms with Crippen molar-refractivity contribution in [1.82, 2.24) is 5.32 Å². The van der Waals surface area contributed by atoms with Crippen LogP contribution < -0.4 is 5.32 Å². The van der Waals surface area contributed by atoms with Crippen molar-refractivity contribution in [3.8, 4) is 0 Å². The van der Waals surface area contributed by atoms with E-state index >= 15 is 0 Å². The first-order valence-corrected chi connectivity index (χ1v) is 30.4. The molecule has 404 valence electrons. The number of aliphatic hydroxyl groups excluding tert-OH is 2. The first-order valence-electron chi connectivity index (χ1n) is 30.4. The standard InChI is InChI=1S/C63H117NO5/c1-3-5-7-9-11-13-15-17-18-19-20-21-22-23-24-25-26-28-32-35-39-43-47-51-55-61(66)60(59-65)64-62(67)56-52-48-44-40-36-33-29-27-30-34-38-42-46-50-54-58-69-63(68)57-53-49-45-41-37-31-16-14-12-10-8-6-4-2/h8,10,14,16,30,34,51,55,60-61,65-66H,3-7,9,11-13,15,17-29,31-33,35-50,52-54,56-59H2,1-2H3,(H,64,67)/b10-8-,16-14-,34-30-,55-51+. The number of hydrogen-bond acceptors (Lipinski definition) is 5. The van der Waals surface area contributed by atoms with E-state index in [4.69, 9.17) is 4.74 Å². The molecule has 1 amide bonds. The zero-order chi connectivity index (χ0) is 50.0. The van der Waals surface area contributed by atoms with Crippen LogP contribution in [0.25, 0.3) is 0 Å². The van der Waals surface area contributed by atoms with Crippen LogP contribution in [0.5, 0.6) is 0 Å². The number of aliphatic hydroxyl groups is 2. The van der Waals surface area contributed by atoms with E-state index in [1.165, 1.54) is 205 Å². The molecule has 0 aromatic carbocycles. The van der Waals surface area contributed by atoms with E-state index in [1.807, 2.05) is 6.08 Å². The van der Waals surface area contributed by atoms with E-state index in [0.29, 0.717) is 19.4 Å². The van der Waals surface area contributed by atoms with Crippen molar-refractivity contribution in [2.45, 2.75) is 328 Å². The molecule has 3 N–H and O–H groups in total. The van der Waals surface area contributed by atoms with Crippen LogP contribution in [-0.4, -0.2) is 47.4 Å². The van der Waals surface area contributed by atoms with Crippen LogP contribution in [0, 0.1) is 0 Å². The molecule has 0 radical (unpaired) electrons. The lowest BCUT2D eigenvalue weighted by Crippen LogP contribution is -2.45. The molecule has 6 heteroatoms. The summed E-state index contributed by atoms with van der Waals surface area (Å²) >= 11 is 0. The number of allylic oxidation sites excluding steroid dienone is 7. The minimum absolute atomic E-state index is 0.0266. The number of amides is 1. The molecule has 0 fully saturated rings. The topological polar surface area (TPSA) is 95.9 Å². The molecule has 2 unspecified atom stereocenters. The highest BCUT2D eigenvalue weighted by molar-refractivity contribution is 5.76. The van der Waals surface area contributed by atoms with E-state index in [-0.39, 0.29) is 18.5 Å². The summed E-state index contributed by atoms with van der Waals surface area (Å²) in [5.41, 5.74) is 0. The number of ether oxygens (including phenoxy) is 1. The molecule has 2 atom stereocenters. The molecule has 0 aliphatic heterocycles. The second-order valence-corrected chi connectivity index (χ2v) is 20.7. The largest absolute Gasteiger partial charge is 0.466 e. The van der Waals surface area contributed by atoms with E-state index in [9.17, 15) is 19.8 Å². The summed E-state index contributed by atoms with van der Waals surface area (Å²) in [6.07, 6.45) is 74.3. The Bertz CT molecular complexity index is 1160. The normalized spacial score (nSPS) is 12.9. The number of carbonyl (C=O) groups excluding carboxylic acids is 2. The lowest BCUT2D eigenvalue weighted by Gasteiger charge is -2.20. The zero-order valence-electron chi connectivity index (χ0n) is 46.0. The number of nitrogens with one attached hydrogen (secondary N) is 1. The molecule has 0 saturated carbocycles. The fourth-order valence-corrected chi connectivity index (χ4v) is 9.14. The Morgan fingerprint density at radius 3 is 1.17 bits per heavy atom. The third-order valence-corrected chi connectivity index (χ3v) is 13.8. The summed E-state index contributed by atoms with van der Waals surface area (Å²) in [6, 6.07) is -0.642. The molecule has 0 aliphatic carbocycles. The van der Waals surface area contributed by atoms with Gasteiger partial charge in [-0.1, -0.05) is 268 Å². The second kappa shape index (κ2) is 58.4. The van der Waals surface area contributed by atoms with Gasteiger partial charge in [0.05, 0.1) is 25.4 Å². The molecule has 0 spiro atoms. The highest BCUT2D eigenvalue weighted by Gasteiger charge is 2.18. The van der Waals surface area contributed by atoms with Gasteiger partial charge >= 0.3 is 5.97 Å². The molecule has 0 aliphatic rings. The maximum atomic E-state index is 12.5. The maximum absolute atomic E-state index is 12.5. The molecule has 0 rings (SSSR count). The molecule has 0 saturated heterocycles. The van der Waals surface area contributed by atoms with E-state index < -0.39 is 12.1 Å². The van der Waals surface area contributed by atoms with Gasteiger partial charge in [-0.25, -0.2) is 0 Å². The summed E-state index contributed by atoms with van der Waals surface area (Å²) in [7, 11) is 0. The highest BCUT2D eigenvalue weighted by atomic mass is 16.5. The Labute approximate surface area is 429 Å². The summed E-state index contributed by atoms with van der Waals surface area (Å²) in [5.74, 6) is -0.109. The second-order valence-electron chi connectivity index (χ2n) is 20.7. The Morgan fingerprint density at radius 2 is 0.754 bits per heavy atom. The highest BCUT2D eigenvalue weighted by Crippen LogP contribution is 2.17. The number of hydrogen-bond donors (Lipinski definition) is 3. The summed E-state index contributed by atoms with van der Waals surface area (Å²) < 4.78 is 5.44. The van der Waals surface area contributed by atoms with Crippen LogP contribution in [0.3, 0.4) is 0 Å². The van der Waals surface area contributed by atoms with Gasteiger partial charge in [-0.05, 0) is 83.5 Å². The van der Waals surface area contributed by atoms with Gasteiger partial charge in [0.2, 0.25) is 5.91 Å². The lowest BCUT2D eigenvalue weighted by molar-refractivity contribution is -0.143. The van der Waals surface area contributed by atoms with Crippen LogP contribution in [0.15, 0.2) is 48.6 Å². The number of unbranched alkanes of at least 4 members (excludes halogenated alkanes) is 39. The molecule has 6 nitrogen and oxygen atoms in total. The number of rotatable bonds is 56. The quantitative estimate of drug-likeness (QED) is 0.0321. The molecule has 0 heterocycles. The first-order chi connectivity index (χ1) is 34.0. The van der Waals surface area contributed by atoms with Crippen molar-refractivity contribution in [2.75, 3.05) is 13.2 Å². The Kier molecular flexibility index (Phi) is 56.5. The van der Waals surface area contributed by atoms with Crippen molar-refractivity contribution >= 4 is 11.9 Å². The van der Waals surface area contributed by atoms with Crippen LogP contribution in [0.1, 0.15) is 316 Å². The predicted molar refractivity (Wildman–Crippen MR) is 301 cm³/mol. The average molecular weight is 969 g/mol. The number of esters is 1.